The largest absolute Gasteiger partial charge is 0.369 e. The third-order valence-corrected chi connectivity index (χ3v) is 4.98. The van der Waals surface area contributed by atoms with Gasteiger partial charge in [-0.15, -0.1) is 0 Å². The van der Waals surface area contributed by atoms with E-state index in [0.717, 1.165) is 44.1 Å². The van der Waals surface area contributed by atoms with Crippen molar-refractivity contribution in [3.63, 3.8) is 0 Å². The van der Waals surface area contributed by atoms with E-state index in [1.54, 1.807) is 0 Å². The highest BCUT2D eigenvalue weighted by molar-refractivity contribution is 5.94. The lowest BCUT2D eigenvalue weighted by Crippen LogP contribution is -2.44. The van der Waals surface area contributed by atoms with Gasteiger partial charge in [-0.2, -0.15) is 0 Å². The zero-order valence-corrected chi connectivity index (χ0v) is 15.3. The lowest BCUT2D eigenvalue weighted by Gasteiger charge is -2.34. The topological polar surface area (TPSA) is 53.4 Å². The van der Waals surface area contributed by atoms with E-state index in [0.29, 0.717) is 12.1 Å². The number of rotatable bonds is 5. The number of nitrogens with one attached hydrogen (secondary N) is 1. The minimum absolute atomic E-state index is 0.0283. The molecular weight excluding hydrogens is 314 g/mol. The van der Waals surface area contributed by atoms with E-state index >= 15 is 0 Å². The number of carbonyl (C=O) groups is 1. The van der Waals surface area contributed by atoms with Gasteiger partial charge in [-0.05, 0) is 45.2 Å². The van der Waals surface area contributed by atoms with Crippen LogP contribution in [0.4, 0.5) is 5.69 Å². The molecule has 0 bridgehead atoms. The first kappa shape index (κ1) is 17.5. The molecule has 2 heterocycles. The minimum atomic E-state index is -0.0283. The van der Waals surface area contributed by atoms with Crippen LogP contribution in [0.3, 0.4) is 0 Å². The van der Waals surface area contributed by atoms with Crippen molar-refractivity contribution in [2.45, 2.75) is 20.4 Å². The number of nitrogens with zero attached hydrogens (tertiary/aromatic N) is 4. The number of hydrogen-bond acceptors (Lipinski definition) is 4. The molecule has 0 unspecified atom stereocenters. The van der Waals surface area contributed by atoms with Crippen LogP contribution in [0.25, 0.3) is 0 Å². The number of aromatic nitrogens is 2. The quantitative estimate of drug-likeness (QED) is 0.899. The van der Waals surface area contributed by atoms with Crippen LogP contribution in [0.2, 0.25) is 0 Å². The fraction of sp³-hybridized carbons (Fsp3) is 0.474. The Morgan fingerprint density at radius 3 is 2.40 bits per heavy atom. The van der Waals surface area contributed by atoms with E-state index in [1.807, 2.05) is 44.4 Å². The Bertz CT molecular complexity index is 714. The van der Waals surface area contributed by atoms with Crippen molar-refractivity contribution in [2.75, 3.05) is 44.7 Å². The number of hydrogen-bond donors (Lipinski definition) is 1. The molecule has 1 amide bonds. The Labute approximate surface area is 149 Å². The van der Waals surface area contributed by atoms with E-state index in [1.165, 1.54) is 5.69 Å². The van der Waals surface area contributed by atoms with Crippen LogP contribution in [-0.4, -0.2) is 60.1 Å². The molecule has 1 aromatic carbocycles. The highest BCUT2D eigenvalue weighted by Crippen LogP contribution is 2.17. The van der Waals surface area contributed by atoms with E-state index in [4.69, 9.17) is 0 Å². The van der Waals surface area contributed by atoms with Crippen LogP contribution in [0.15, 0.2) is 30.6 Å². The molecular formula is C19H27N5O. The Hall–Kier alpha value is -2.34. The SMILES string of the molecule is Cc1ncn(CCNC(=O)c2ccc(N3CCN(C)CC3)cc2)c1C. The van der Waals surface area contributed by atoms with Gasteiger partial charge in [-0.1, -0.05) is 0 Å². The molecule has 25 heavy (non-hydrogen) atoms. The van der Waals surface area contributed by atoms with Gasteiger partial charge in [0.05, 0.1) is 12.0 Å². The standard InChI is InChI=1S/C19H27N5O/c1-15-16(2)24(14-21-15)9-8-20-19(25)17-4-6-18(7-5-17)23-12-10-22(3)11-13-23/h4-7,14H,8-13H2,1-3H3,(H,20,25). The van der Waals surface area contributed by atoms with Gasteiger partial charge in [0, 0.05) is 56.2 Å². The monoisotopic (exact) mass is 341 g/mol. The third-order valence-electron chi connectivity index (χ3n) is 4.98. The summed E-state index contributed by atoms with van der Waals surface area (Å²) in [4.78, 5) is 21.3. The highest BCUT2D eigenvalue weighted by Gasteiger charge is 2.14. The van der Waals surface area contributed by atoms with Gasteiger partial charge in [0.15, 0.2) is 0 Å². The van der Waals surface area contributed by atoms with Crippen molar-refractivity contribution in [3.05, 3.63) is 47.5 Å². The van der Waals surface area contributed by atoms with Gasteiger partial charge in [0.2, 0.25) is 0 Å². The summed E-state index contributed by atoms with van der Waals surface area (Å²) in [6.45, 7) is 9.59. The fourth-order valence-corrected chi connectivity index (χ4v) is 3.05. The Kier molecular flexibility index (Phi) is 5.38. The summed E-state index contributed by atoms with van der Waals surface area (Å²) >= 11 is 0. The molecule has 0 atom stereocenters. The molecule has 1 aromatic heterocycles. The van der Waals surface area contributed by atoms with Gasteiger partial charge in [0.1, 0.15) is 0 Å². The Morgan fingerprint density at radius 2 is 1.80 bits per heavy atom. The third kappa shape index (κ3) is 4.20. The van der Waals surface area contributed by atoms with Gasteiger partial charge in [-0.3, -0.25) is 4.79 Å². The van der Waals surface area contributed by atoms with E-state index in [2.05, 4.69) is 31.7 Å². The van der Waals surface area contributed by atoms with E-state index in [9.17, 15) is 4.79 Å². The van der Waals surface area contributed by atoms with E-state index < -0.39 is 0 Å². The number of amides is 1. The molecule has 6 nitrogen and oxygen atoms in total. The van der Waals surface area contributed by atoms with Crippen LogP contribution in [0, 0.1) is 13.8 Å². The van der Waals surface area contributed by atoms with E-state index in [-0.39, 0.29) is 5.91 Å². The predicted molar refractivity (Wildman–Crippen MR) is 100 cm³/mol. The maximum Gasteiger partial charge on any atom is 0.251 e. The van der Waals surface area contributed by atoms with Crippen molar-refractivity contribution in [1.82, 2.24) is 19.8 Å². The normalized spacial score (nSPS) is 15.4. The zero-order valence-electron chi connectivity index (χ0n) is 15.3. The summed E-state index contributed by atoms with van der Waals surface area (Å²) in [6.07, 6.45) is 1.82. The lowest BCUT2D eigenvalue weighted by atomic mass is 10.1. The lowest BCUT2D eigenvalue weighted by molar-refractivity contribution is 0.0952. The molecule has 3 rings (SSSR count). The number of likely N-dealkylation sites (N-methyl/N-ethyl adjacent to an activating group) is 1. The molecule has 1 N–H and O–H groups in total. The summed E-state index contributed by atoms with van der Waals surface area (Å²) in [6, 6.07) is 7.92. The number of carbonyl (C=O) groups excluding carboxylic acids is 1. The molecule has 6 heteroatoms. The molecule has 1 fully saturated rings. The maximum atomic E-state index is 12.3. The molecule has 2 aromatic rings. The van der Waals surface area contributed by atoms with Gasteiger partial charge in [0.25, 0.3) is 5.91 Å². The van der Waals surface area contributed by atoms with Gasteiger partial charge < -0.3 is 19.7 Å². The molecule has 134 valence electrons. The summed E-state index contributed by atoms with van der Waals surface area (Å²) in [5, 5.41) is 2.98. The maximum absolute atomic E-state index is 12.3. The summed E-state index contributed by atoms with van der Waals surface area (Å²) in [5.41, 5.74) is 4.07. The molecule has 0 spiro atoms. The highest BCUT2D eigenvalue weighted by atomic mass is 16.1. The molecule has 1 aliphatic rings. The van der Waals surface area contributed by atoms with Crippen LogP contribution in [0.1, 0.15) is 21.7 Å². The second-order valence-electron chi connectivity index (χ2n) is 6.70. The average molecular weight is 341 g/mol. The number of imidazole rings is 1. The van der Waals surface area contributed by atoms with Crippen molar-refractivity contribution < 1.29 is 4.79 Å². The minimum Gasteiger partial charge on any atom is -0.369 e. The predicted octanol–water partition coefficient (Wildman–Crippen LogP) is 1.68. The first-order chi connectivity index (χ1) is 12.0. The second-order valence-corrected chi connectivity index (χ2v) is 6.70. The van der Waals surface area contributed by atoms with Crippen molar-refractivity contribution in [2.24, 2.45) is 0 Å². The Balaban J connectivity index is 1.51. The molecule has 0 radical (unpaired) electrons. The van der Waals surface area contributed by atoms with Gasteiger partial charge >= 0.3 is 0 Å². The van der Waals surface area contributed by atoms with Crippen LogP contribution >= 0.6 is 0 Å². The first-order valence-electron chi connectivity index (χ1n) is 8.84. The smallest absolute Gasteiger partial charge is 0.251 e. The number of benzene rings is 1. The molecule has 1 aliphatic heterocycles. The van der Waals surface area contributed by atoms with Crippen molar-refractivity contribution in [3.8, 4) is 0 Å². The van der Waals surface area contributed by atoms with Crippen molar-refractivity contribution >= 4 is 11.6 Å². The zero-order chi connectivity index (χ0) is 17.8. The summed E-state index contributed by atoms with van der Waals surface area (Å²) in [7, 11) is 2.15. The number of anilines is 1. The average Bonchev–Trinajstić information content (AvgIpc) is 2.94. The van der Waals surface area contributed by atoms with Gasteiger partial charge in [-0.25, -0.2) is 4.98 Å². The Morgan fingerprint density at radius 1 is 1.12 bits per heavy atom. The summed E-state index contributed by atoms with van der Waals surface area (Å²) in [5.74, 6) is -0.0283. The number of piperazine rings is 1. The summed E-state index contributed by atoms with van der Waals surface area (Å²) < 4.78 is 2.06. The fourth-order valence-electron chi connectivity index (χ4n) is 3.05. The molecule has 0 saturated carbocycles. The van der Waals surface area contributed by atoms with Crippen LogP contribution < -0.4 is 10.2 Å². The molecule has 0 aliphatic carbocycles. The second kappa shape index (κ2) is 7.70. The molecule has 1 saturated heterocycles. The first-order valence-corrected chi connectivity index (χ1v) is 8.84. The van der Waals surface area contributed by atoms with Crippen LogP contribution in [0.5, 0.6) is 0 Å². The van der Waals surface area contributed by atoms with Crippen LogP contribution in [-0.2, 0) is 6.54 Å². The number of aryl methyl sites for hydroxylation is 1. The van der Waals surface area contributed by atoms with Crippen molar-refractivity contribution in [1.29, 1.82) is 0 Å².